The average molecular weight is 357 g/mol. The Morgan fingerprint density at radius 3 is 2.80 bits per heavy atom. The fourth-order valence-corrected chi connectivity index (χ4v) is 2.97. The van der Waals surface area contributed by atoms with Crippen LogP contribution in [0.2, 0.25) is 0 Å². The summed E-state index contributed by atoms with van der Waals surface area (Å²) >= 11 is 1.65. The Balaban J connectivity index is 1.42. The molecule has 0 radical (unpaired) electrons. The van der Waals surface area contributed by atoms with E-state index >= 15 is 0 Å². The van der Waals surface area contributed by atoms with Crippen molar-refractivity contribution in [2.24, 2.45) is 0 Å². The van der Waals surface area contributed by atoms with Crippen LogP contribution >= 0.6 is 11.3 Å². The number of para-hydroxylation sites is 2. The first-order chi connectivity index (χ1) is 12.3. The molecular weight excluding hydrogens is 338 g/mol. The molecule has 6 nitrogen and oxygen atoms in total. The van der Waals surface area contributed by atoms with Gasteiger partial charge in [-0.1, -0.05) is 18.2 Å². The van der Waals surface area contributed by atoms with Gasteiger partial charge in [0.15, 0.2) is 18.1 Å². The molecule has 0 aliphatic carbocycles. The van der Waals surface area contributed by atoms with Crippen LogP contribution in [0.3, 0.4) is 0 Å². The molecule has 0 aliphatic rings. The molecule has 3 rings (SSSR count). The standard InChI is InChI=1S/C18H19N3O3S/c1-23-15-5-2-3-6-16(15)24-13-18(22)19-9-11-21-10-8-14(20-21)17-7-4-12-25-17/h2-8,10,12H,9,11,13H2,1H3,(H,19,22). The van der Waals surface area contributed by atoms with Crippen LogP contribution in [0.5, 0.6) is 11.5 Å². The van der Waals surface area contributed by atoms with E-state index in [1.54, 1.807) is 30.6 Å². The highest BCUT2D eigenvalue weighted by atomic mass is 32.1. The smallest absolute Gasteiger partial charge is 0.258 e. The average Bonchev–Trinajstić information content (AvgIpc) is 3.31. The molecule has 130 valence electrons. The van der Waals surface area contributed by atoms with Crippen LogP contribution in [0.4, 0.5) is 0 Å². The van der Waals surface area contributed by atoms with E-state index < -0.39 is 0 Å². The summed E-state index contributed by atoms with van der Waals surface area (Å²) in [6.45, 7) is 1.03. The van der Waals surface area contributed by atoms with Crippen LogP contribution in [-0.4, -0.2) is 35.9 Å². The van der Waals surface area contributed by atoms with Crippen LogP contribution in [0.15, 0.2) is 54.0 Å². The van der Waals surface area contributed by atoms with Gasteiger partial charge in [-0.15, -0.1) is 11.3 Å². The molecule has 3 aromatic rings. The second-order valence-corrected chi connectivity index (χ2v) is 6.18. The third kappa shape index (κ3) is 4.60. The highest BCUT2D eigenvalue weighted by Gasteiger charge is 2.07. The van der Waals surface area contributed by atoms with Crippen LogP contribution in [-0.2, 0) is 11.3 Å². The Kier molecular flexibility index (Phi) is 5.69. The Morgan fingerprint density at radius 1 is 1.20 bits per heavy atom. The van der Waals surface area contributed by atoms with E-state index in [4.69, 9.17) is 9.47 Å². The number of nitrogens with one attached hydrogen (secondary N) is 1. The summed E-state index contributed by atoms with van der Waals surface area (Å²) in [4.78, 5) is 13.0. The lowest BCUT2D eigenvalue weighted by Gasteiger charge is -2.10. The maximum atomic E-state index is 11.9. The van der Waals surface area contributed by atoms with Crippen LogP contribution in [0.25, 0.3) is 10.6 Å². The quantitative estimate of drug-likeness (QED) is 0.673. The Bertz CT molecular complexity index is 815. The molecule has 0 bridgehead atoms. The number of thiophene rings is 1. The summed E-state index contributed by atoms with van der Waals surface area (Å²) in [5, 5.41) is 9.34. The maximum Gasteiger partial charge on any atom is 0.258 e. The summed E-state index contributed by atoms with van der Waals surface area (Å²) < 4.78 is 12.5. The van der Waals surface area contributed by atoms with Gasteiger partial charge in [0.2, 0.25) is 0 Å². The van der Waals surface area contributed by atoms with Gasteiger partial charge in [-0.3, -0.25) is 9.48 Å². The first-order valence-electron chi connectivity index (χ1n) is 7.86. The van der Waals surface area contributed by atoms with E-state index in [9.17, 15) is 4.79 Å². The predicted molar refractivity (Wildman–Crippen MR) is 97.0 cm³/mol. The van der Waals surface area contributed by atoms with E-state index in [0.717, 1.165) is 10.6 Å². The van der Waals surface area contributed by atoms with Crippen molar-refractivity contribution in [3.63, 3.8) is 0 Å². The number of methoxy groups -OCH3 is 1. The summed E-state index contributed by atoms with van der Waals surface area (Å²) in [6, 6.07) is 13.2. The first kappa shape index (κ1) is 17.0. The van der Waals surface area contributed by atoms with Crippen LogP contribution in [0, 0.1) is 0 Å². The topological polar surface area (TPSA) is 65.4 Å². The number of benzene rings is 1. The second kappa shape index (κ2) is 8.34. The highest BCUT2D eigenvalue weighted by molar-refractivity contribution is 7.13. The Hall–Kier alpha value is -2.80. The Morgan fingerprint density at radius 2 is 2.04 bits per heavy atom. The molecule has 25 heavy (non-hydrogen) atoms. The van der Waals surface area contributed by atoms with E-state index in [2.05, 4.69) is 10.4 Å². The zero-order chi connectivity index (χ0) is 17.5. The molecule has 1 aromatic carbocycles. The molecule has 2 heterocycles. The number of rotatable bonds is 8. The van der Waals surface area contributed by atoms with Gasteiger partial charge in [0.25, 0.3) is 5.91 Å². The summed E-state index contributed by atoms with van der Waals surface area (Å²) in [5.41, 5.74) is 0.945. The SMILES string of the molecule is COc1ccccc1OCC(=O)NCCn1ccc(-c2cccs2)n1. The molecule has 2 aromatic heterocycles. The number of ether oxygens (including phenoxy) is 2. The van der Waals surface area contributed by atoms with Crippen molar-refractivity contribution in [2.45, 2.75) is 6.54 Å². The van der Waals surface area contributed by atoms with E-state index in [1.165, 1.54) is 0 Å². The van der Waals surface area contributed by atoms with Crippen molar-refractivity contribution in [3.05, 3.63) is 54.0 Å². The van der Waals surface area contributed by atoms with Gasteiger partial charge in [-0.05, 0) is 29.6 Å². The van der Waals surface area contributed by atoms with Crippen molar-refractivity contribution in [3.8, 4) is 22.1 Å². The number of carbonyl (C=O) groups is 1. The van der Waals surface area contributed by atoms with E-state index in [1.807, 2.05) is 46.6 Å². The summed E-state index contributed by atoms with van der Waals surface area (Å²) in [6.07, 6.45) is 1.91. The molecule has 0 fully saturated rings. The fourth-order valence-electron chi connectivity index (χ4n) is 2.28. The molecule has 0 saturated heterocycles. The van der Waals surface area contributed by atoms with Gasteiger partial charge in [-0.2, -0.15) is 5.10 Å². The zero-order valence-corrected chi connectivity index (χ0v) is 14.7. The van der Waals surface area contributed by atoms with E-state index in [-0.39, 0.29) is 12.5 Å². The largest absolute Gasteiger partial charge is 0.493 e. The lowest BCUT2D eigenvalue weighted by atomic mass is 10.3. The third-order valence-electron chi connectivity index (χ3n) is 3.51. The monoisotopic (exact) mass is 357 g/mol. The maximum absolute atomic E-state index is 11.9. The molecular formula is C18H19N3O3S. The van der Waals surface area contributed by atoms with Crippen LogP contribution in [0.1, 0.15) is 0 Å². The molecule has 1 N–H and O–H groups in total. The number of hydrogen-bond acceptors (Lipinski definition) is 5. The second-order valence-electron chi connectivity index (χ2n) is 5.23. The normalized spacial score (nSPS) is 10.4. The lowest BCUT2D eigenvalue weighted by molar-refractivity contribution is -0.123. The first-order valence-corrected chi connectivity index (χ1v) is 8.74. The van der Waals surface area contributed by atoms with Gasteiger partial charge in [0.1, 0.15) is 5.69 Å². The van der Waals surface area contributed by atoms with Gasteiger partial charge in [-0.25, -0.2) is 0 Å². The molecule has 7 heteroatoms. The number of nitrogens with zero attached hydrogens (tertiary/aromatic N) is 2. The molecule has 0 aliphatic heterocycles. The molecule has 0 spiro atoms. The zero-order valence-electron chi connectivity index (χ0n) is 13.8. The molecule has 0 saturated carbocycles. The number of hydrogen-bond donors (Lipinski definition) is 1. The highest BCUT2D eigenvalue weighted by Crippen LogP contribution is 2.25. The number of aromatic nitrogens is 2. The van der Waals surface area contributed by atoms with Gasteiger partial charge < -0.3 is 14.8 Å². The molecule has 0 atom stereocenters. The third-order valence-corrected chi connectivity index (χ3v) is 4.40. The minimum absolute atomic E-state index is 0.0556. The minimum Gasteiger partial charge on any atom is -0.493 e. The van der Waals surface area contributed by atoms with Gasteiger partial charge >= 0.3 is 0 Å². The van der Waals surface area contributed by atoms with Crippen molar-refractivity contribution in [2.75, 3.05) is 20.3 Å². The van der Waals surface area contributed by atoms with Crippen molar-refractivity contribution in [1.82, 2.24) is 15.1 Å². The Labute approximate surface area is 150 Å². The van der Waals surface area contributed by atoms with Crippen molar-refractivity contribution < 1.29 is 14.3 Å². The van der Waals surface area contributed by atoms with Crippen LogP contribution < -0.4 is 14.8 Å². The number of carbonyl (C=O) groups excluding carboxylic acids is 1. The van der Waals surface area contributed by atoms with Gasteiger partial charge in [0, 0.05) is 12.7 Å². The van der Waals surface area contributed by atoms with Gasteiger partial charge in [0.05, 0.1) is 18.5 Å². The minimum atomic E-state index is -0.184. The van der Waals surface area contributed by atoms with Crippen molar-refractivity contribution in [1.29, 1.82) is 0 Å². The summed E-state index contributed by atoms with van der Waals surface area (Å²) in [7, 11) is 1.57. The molecule has 0 unspecified atom stereocenters. The predicted octanol–water partition coefficient (Wildman–Crippen LogP) is 2.82. The number of amides is 1. The van der Waals surface area contributed by atoms with E-state index in [0.29, 0.717) is 24.6 Å². The lowest BCUT2D eigenvalue weighted by Crippen LogP contribution is -2.31. The molecule has 1 amide bonds. The summed E-state index contributed by atoms with van der Waals surface area (Å²) in [5.74, 6) is 0.970. The fraction of sp³-hybridized carbons (Fsp3) is 0.222. The van der Waals surface area contributed by atoms with Crippen molar-refractivity contribution >= 4 is 17.2 Å².